The predicted octanol–water partition coefficient (Wildman–Crippen LogP) is 4.01. The Labute approximate surface area is 147 Å². The Morgan fingerprint density at radius 3 is 2.83 bits per heavy atom. The van der Waals surface area contributed by atoms with E-state index in [1.54, 1.807) is 6.20 Å². The van der Waals surface area contributed by atoms with E-state index in [2.05, 4.69) is 28.3 Å². The molecule has 0 radical (unpaired) electrons. The molecule has 1 aliphatic carbocycles. The van der Waals surface area contributed by atoms with Crippen LogP contribution in [-0.2, 0) is 6.54 Å². The predicted molar refractivity (Wildman–Crippen MR) is 96.6 cm³/mol. The fourth-order valence-electron chi connectivity index (χ4n) is 3.27. The summed E-state index contributed by atoms with van der Waals surface area (Å²) >= 11 is 1.85. The molecule has 3 heterocycles. The molecule has 0 unspecified atom stereocenters. The van der Waals surface area contributed by atoms with Gasteiger partial charge in [0.15, 0.2) is 0 Å². The van der Waals surface area contributed by atoms with Gasteiger partial charge in [-0.05, 0) is 57.7 Å². The molecule has 0 amide bonds. The summed E-state index contributed by atoms with van der Waals surface area (Å²) in [6, 6.07) is 4.00. The van der Waals surface area contributed by atoms with Crippen molar-refractivity contribution in [1.29, 1.82) is 0 Å². The van der Waals surface area contributed by atoms with E-state index in [1.807, 2.05) is 17.4 Å². The van der Waals surface area contributed by atoms with Crippen molar-refractivity contribution in [2.24, 2.45) is 5.92 Å². The van der Waals surface area contributed by atoms with E-state index in [4.69, 9.17) is 9.72 Å². The molecule has 0 spiro atoms. The molecule has 2 aromatic rings. The van der Waals surface area contributed by atoms with Crippen LogP contribution in [0.15, 0.2) is 23.7 Å². The van der Waals surface area contributed by atoms with E-state index < -0.39 is 0 Å². The first-order valence-electron chi connectivity index (χ1n) is 8.99. The van der Waals surface area contributed by atoms with Gasteiger partial charge in [0.2, 0.25) is 5.88 Å². The van der Waals surface area contributed by atoms with Crippen LogP contribution in [0.25, 0.3) is 0 Å². The minimum Gasteiger partial charge on any atom is -0.477 e. The van der Waals surface area contributed by atoms with Crippen molar-refractivity contribution >= 4 is 11.3 Å². The molecule has 4 nitrogen and oxygen atoms in total. The van der Waals surface area contributed by atoms with E-state index in [0.29, 0.717) is 5.92 Å². The van der Waals surface area contributed by atoms with E-state index in [-0.39, 0.29) is 0 Å². The Balaban J connectivity index is 1.22. The molecule has 2 aliphatic rings. The monoisotopic (exact) mass is 343 g/mol. The molecule has 2 aromatic heterocycles. The van der Waals surface area contributed by atoms with Gasteiger partial charge in [0.05, 0.1) is 17.3 Å². The van der Waals surface area contributed by atoms with Gasteiger partial charge >= 0.3 is 0 Å². The first-order valence-corrected chi connectivity index (χ1v) is 9.87. The second-order valence-electron chi connectivity index (χ2n) is 7.11. The highest BCUT2D eigenvalue weighted by Gasteiger charge is 2.27. The van der Waals surface area contributed by atoms with Crippen LogP contribution in [0.2, 0.25) is 0 Å². The lowest BCUT2D eigenvalue weighted by atomic mass is 9.98. The maximum Gasteiger partial charge on any atom is 0.216 e. The third-order valence-electron chi connectivity index (χ3n) is 5.01. The van der Waals surface area contributed by atoms with Crippen LogP contribution in [0, 0.1) is 12.8 Å². The minimum absolute atomic E-state index is 0.639. The largest absolute Gasteiger partial charge is 0.477 e. The van der Waals surface area contributed by atoms with Gasteiger partial charge in [0.1, 0.15) is 0 Å². The zero-order chi connectivity index (χ0) is 16.4. The summed E-state index contributed by atoms with van der Waals surface area (Å²) in [4.78, 5) is 11.7. The Morgan fingerprint density at radius 1 is 1.25 bits per heavy atom. The molecular weight excluding hydrogens is 318 g/mol. The van der Waals surface area contributed by atoms with E-state index >= 15 is 0 Å². The molecule has 0 atom stereocenters. The van der Waals surface area contributed by atoms with E-state index in [9.17, 15) is 0 Å². The van der Waals surface area contributed by atoms with Gasteiger partial charge in [0.25, 0.3) is 0 Å². The van der Waals surface area contributed by atoms with Crippen molar-refractivity contribution in [3.63, 3.8) is 0 Å². The molecule has 0 bridgehead atoms. The van der Waals surface area contributed by atoms with Crippen LogP contribution < -0.4 is 4.74 Å². The summed E-state index contributed by atoms with van der Waals surface area (Å²) in [7, 11) is 0. The van der Waals surface area contributed by atoms with Crippen LogP contribution >= 0.6 is 11.3 Å². The maximum atomic E-state index is 5.93. The van der Waals surface area contributed by atoms with E-state index in [0.717, 1.165) is 43.6 Å². The third kappa shape index (κ3) is 3.95. The minimum atomic E-state index is 0.639. The number of aromatic nitrogens is 2. The normalized spacial score (nSPS) is 19.5. The van der Waals surface area contributed by atoms with Crippen molar-refractivity contribution < 1.29 is 4.74 Å². The summed E-state index contributed by atoms with van der Waals surface area (Å²) in [6.45, 7) is 6.14. The molecule has 24 heavy (non-hydrogen) atoms. The van der Waals surface area contributed by atoms with Gasteiger partial charge < -0.3 is 4.74 Å². The fraction of sp³-hybridized carbons (Fsp3) is 0.579. The van der Waals surface area contributed by atoms with Crippen LogP contribution in [0.5, 0.6) is 5.88 Å². The zero-order valence-electron chi connectivity index (χ0n) is 14.3. The van der Waals surface area contributed by atoms with Gasteiger partial charge in [-0.1, -0.05) is 6.07 Å². The average molecular weight is 343 g/mol. The van der Waals surface area contributed by atoms with Gasteiger partial charge in [-0.2, -0.15) is 0 Å². The highest BCUT2D eigenvalue weighted by molar-refractivity contribution is 7.09. The number of hydrogen-bond acceptors (Lipinski definition) is 5. The number of thiazole rings is 1. The van der Waals surface area contributed by atoms with Gasteiger partial charge in [-0.25, -0.2) is 9.97 Å². The quantitative estimate of drug-likeness (QED) is 0.794. The summed E-state index contributed by atoms with van der Waals surface area (Å²) < 4.78 is 5.93. The lowest BCUT2D eigenvalue weighted by Gasteiger charge is -2.31. The van der Waals surface area contributed by atoms with Crippen molar-refractivity contribution in [2.45, 2.75) is 45.1 Å². The molecule has 128 valence electrons. The first-order chi connectivity index (χ1) is 11.8. The van der Waals surface area contributed by atoms with Crippen LogP contribution in [0.1, 0.15) is 47.9 Å². The molecule has 4 rings (SSSR count). The summed E-state index contributed by atoms with van der Waals surface area (Å²) in [5, 5.41) is 3.62. The third-order valence-corrected chi connectivity index (χ3v) is 6.06. The molecule has 0 N–H and O–H groups in total. The summed E-state index contributed by atoms with van der Waals surface area (Å²) in [6.07, 6.45) is 6.88. The Hall–Kier alpha value is -1.46. The number of nitrogens with zero attached hydrogens (tertiary/aromatic N) is 3. The number of likely N-dealkylation sites (tertiary alicyclic amines) is 1. The summed E-state index contributed by atoms with van der Waals surface area (Å²) in [5.41, 5.74) is 2.38. The summed E-state index contributed by atoms with van der Waals surface area (Å²) in [5.74, 6) is 2.21. The zero-order valence-corrected chi connectivity index (χ0v) is 15.1. The number of aryl methyl sites for hydroxylation is 1. The molecule has 2 fully saturated rings. The van der Waals surface area contributed by atoms with Crippen LogP contribution in [0.4, 0.5) is 0 Å². The average Bonchev–Trinajstić information content (AvgIpc) is 3.35. The number of piperidine rings is 1. The maximum absolute atomic E-state index is 5.93. The second kappa shape index (κ2) is 7.19. The molecule has 0 aromatic carbocycles. The van der Waals surface area contributed by atoms with E-state index in [1.165, 1.54) is 36.4 Å². The second-order valence-corrected chi connectivity index (χ2v) is 8.00. The number of pyridine rings is 1. The van der Waals surface area contributed by atoms with Crippen molar-refractivity contribution in [3.8, 4) is 5.88 Å². The van der Waals surface area contributed by atoms with Gasteiger partial charge in [-0.15, -0.1) is 11.3 Å². The van der Waals surface area contributed by atoms with Gasteiger partial charge in [0, 0.05) is 29.6 Å². The highest BCUT2D eigenvalue weighted by Crippen LogP contribution is 2.41. The Morgan fingerprint density at radius 2 is 2.08 bits per heavy atom. The van der Waals surface area contributed by atoms with Gasteiger partial charge in [-0.3, -0.25) is 4.90 Å². The molecule has 5 heteroatoms. The lowest BCUT2D eigenvalue weighted by Crippen LogP contribution is -2.35. The van der Waals surface area contributed by atoms with Crippen molar-refractivity contribution in [2.75, 3.05) is 19.7 Å². The topological polar surface area (TPSA) is 38.2 Å². The standard InChI is InChI=1S/C19H25N3OS/c1-14-3-2-8-20-18(14)23-12-15-6-9-22(10-7-15)11-17-13-24-19(21-17)16-4-5-16/h2-3,8,13,15-16H,4-7,9-12H2,1H3. The van der Waals surface area contributed by atoms with Crippen LogP contribution in [-0.4, -0.2) is 34.6 Å². The Kier molecular flexibility index (Phi) is 4.81. The molecular formula is C19H25N3OS. The first kappa shape index (κ1) is 16.0. The fourth-order valence-corrected chi connectivity index (χ4v) is 4.25. The highest BCUT2D eigenvalue weighted by atomic mass is 32.1. The molecule has 1 aliphatic heterocycles. The Bertz CT molecular complexity index is 675. The number of rotatable bonds is 6. The number of hydrogen-bond donors (Lipinski definition) is 0. The lowest BCUT2D eigenvalue weighted by molar-refractivity contribution is 0.133. The number of ether oxygens (including phenoxy) is 1. The van der Waals surface area contributed by atoms with Crippen molar-refractivity contribution in [1.82, 2.24) is 14.9 Å². The molecule has 1 saturated carbocycles. The van der Waals surface area contributed by atoms with Crippen LogP contribution in [0.3, 0.4) is 0 Å². The molecule has 1 saturated heterocycles. The SMILES string of the molecule is Cc1cccnc1OCC1CCN(Cc2csc(C3CC3)n2)CC1. The van der Waals surface area contributed by atoms with Crippen molar-refractivity contribution in [3.05, 3.63) is 40.0 Å². The smallest absolute Gasteiger partial charge is 0.216 e.